The van der Waals surface area contributed by atoms with E-state index in [1.54, 1.807) is 0 Å². The Kier molecular flexibility index (Phi) is 5.12. The Hall–Kier alpha value is -1.42. The van der Waals surface area contributed by atoms with Crippen molar-refractivity contribution in [1.82, 2.24) is 9.97 Å². The van der Waals surface area contributed by atoms with Gasteiger partial charge in [-0.25, -0.2) is 9.97 Å². The van der Waals surface area contributed by atoms with Crippen LogP contribution in [0.4, 0.5) is 5.82 Å². The topological polar surface area (TPSA) is 37.8 Å². The molecule has 1 heterocycles. The summed E-state index contributed by atoms with van der Waals surface area (Å²) < 4.78 is 0.958. The Morgan fingerprint density at radius 2 is 1.90 bits per heavy atom. The minimum atomic E-state index is 0.765. The predicted molar refractivity (Wildman–Crippen MR) is 87.2 cm³/mol. The van der Waals surface area contributed by atoms with E-state index in [-0.39, 0.29) is 0 Å². The molecule has 0 atom stereocenters. The van der Waals surface area contributed by atoms with Crippen LogP contribution in [0.15, 0.2) is 28.7 Å². The third-order valence-electron chi connectivity index (χ3n) is 3.22. The third-order valence-corrected chi connectivity index (χ3v) is 4.16. The lowest BCUT2D eigenvalue weighted by molar-refractivity contribution is 0.907. The number of hydrogen-bond acceptors (Lipinski definition) is 3. The largest absolute Gasteiger partial charge is 0.369 e. The van der Waals surface area contributed by atoms with Crippen LogP contribution in [0.3, 0.4) is 0 Å². The van der Waals surface area contributed by atoms with Crippen LogP contribution in [0.5, 0.6) is 0 Å². The normalized spacial score (nSPS) is 10.6. The molecule has 0 aliphatic rings. The fraction of sp³-hybridized carbons (Fsp3) is 0.375. The molecule has 1 N–H and O–H groups in total. The molecule has 0 radical (unpaired) electrons. The quantitative estimate of drug-likeness (QED) is 0.887. The first-order valence-electron chi connectivity index (χ1n) is 6.93. The summed E-state index contributed by atoms with van der Waals surface area (Å²) >= 11 is 3.56. The summed E-state index contributed by atoms with van der Waals surface area (Å²) in [7, 11) is 0. The molecule has 0 unspecified atom stereocenters. The van der Waals surface area contributed by atoms with E-state index in [1.807, 2.05) is 6.92 Å². The minimum absolute atomic E-state index is 0.765. The molecule has 0 saturated heterocycles. The number of nitrogens with one attached hydrogen (secondary N) is 1. The summed E-state index contributed by atoms with van der Waals surface area (Å²) in [5.41, 5.74) is 3.53. The van der Waals surface area contributed by atoms with Crippen LogP contribution in [0.25, 0.3) is 0 Å². The first-order valence-corrected chi connectivity index (χ1v) is 7.72. The second-order valence-electron chi connectivity index (χ2n) is 4.92. The molecule has 4 heteroatoms. The van der Waals surface area contributed by atoms with Crippen LogP contribution in [0.2, 0.25) is 0 Å². The van der Waals surface area contributed by atoms with Gasteiger partial charge >= 0.3 is 0 Å². The molecule has 2 rings (SSSR count). The Balaban J connectivity index is 2.28. The van der Waals surface area contributed by atoms with Crippen LogP contribution in [-0.2, 0) is 6.42 Å². The van der Waals surface area contributed by atoms with Gasteiger partial charge in [-0.2, -0.15) is 0 Å². The number of nitrogens with zero attached hydrogens (tertiary/aromatic N) is 2. The van der Waals surface area contributed by atoms with Gasteiger partial charge in [0.15, 0.2) is 0 Å². The number of aryl methyl sites for hydroxylation is 2. The molecule has 0 aliphatic heterocycles. The molecule has 0 saturated carbocycles. The molecule has 0 bridgehead atoms. The number of halogens is 1. The third kappa shape index (κ3) is 3.57. The summed E-state index contributed by atoms with van der Waals surface area (Å²) in [6.45, 7) is 7.18. The van der Waals surface area contributed by atoms with Gasteiger partial charge in [-0.05, 0) is 47.3 Å². The molecular weight excluding hydrogens is 314 g/mol. The number of rotatable bonds is 5. The zero-order valence-electron chi connectivity index (χ0n) is 12.2. The van der Waals surface area contributed by atoms with Crippen molar-refractivity contribution in [2.24, 2.45) is 0 Å². The average Bonchev–Trinajstić information content (AvgIpc) is 2.43. The zero-order valence-corrected chi connectivity index (χ0v) is 13.8. The van der Waals surface area contributed by atoms with Crippen molar-refractivity contribution in [3.63, 3.8) is 0 Å². The van der Waals surface area contributed by atoms with Crippen molar-refractivity contribution < 1.29 is 0 Å². The Labute approximate surface area is 129 Å². The predicted octanol–water partition coefficient (Wildman–Crippen LogP) is 4.27. The van der Waals surface area contributed by atoms with Gasteiger partial charge in [0.25, 0.3) is 0 Å². The van der Waals surface area contributed by atoms with Gasteiger partial charge in [-0.15, -0.1) is 0 Å². The summed E-state index contributed by atoms with van der Waals surface area (Å²) in [6.07, 6.45) is 1.84. The van der Waals surface area contributed by atoms with Crippen molar-refractivity contribution in [3.05, 3.63) is 51.4 Å². The lowest BCUT2D eigenvalue weighted by Crippen LogP contribution is -2.08. The van der Waals surface area contributed by atoms with E-state index < -0.39 is 0 Å². The molecule has 1 aromatic heterocycles. The highest BCUT2D eigenvalue weighted by atomic mass is 79.9. The number of hydrogen-bond donors (Lipinski definition) is 1. The molecule has 0 amide bonds. The molecule has 0 aliphatic carbocycles. The minimum Gasteiger partial charge on any atom is -0.369 e. The van der Waals surface area contributed by atoms with Gasteiger partial charge in [0.2, 0.25) is 0 Å². The van der Waals surface area contributed by atoms with Crippen molar-refractivity contribution in [2.75, 3.05) is 11.9 Å². The summed E-state index contributed by atoms with van der Waals surface area (Å²) in [5, 5.41) is 3.35. The lowest BCUT2D eigenvalue weighted by atomic mass is 10.1. The lowest BCUT2D eigenvalue weighted by Gasteiger charge is -2.11. The maximum atomic E-state index is 4.64. The first kappa shape index (κ1) is 15.0. The fourth-order valence-corrected chi connectivity index (χ4v) is 2.35. The van der Waals surface area contributed by atoms with Gasteiger partial charge in [-0.1, -0.05) is 31.2 Å². The average molecular weight is 334 g/mol. The van der Waals surface area contributed by atoms with Crippen LogP contribution in [0, 0.1) is 13.8 Å². The van der Waals surface area contributed by atoms with Crippen LogP contribution in [0.1, 0.15) is 36.0 Å². The van der Waals surface area contributed by atoms with E-state index in [0.29, 0.717) is 0 Å². The Morgan fingerprint density at radius 3 is 2.60 bits per heavy atom. The maximum Gasteiger partial charge on any atom is 0.144 e. The Bertz CT molecular complexity index is 596. The maximum absolute atomic E-state index is 4.64. The fourth-order valence-electron chi connectivity index (χ4n) is 2.04. The van der Waals surface area contributed by atoms with Crippen LogP contribution < -0.4 is 5.32 Å². The summed E-state index contributed by atoms with van der Waals surface area (Å²) in [5.74, 6) is 1.75. The van der Waals surface area contributed by atoms with Gasteiger partial charge in [-0.3, -0.25) is 0 Å². The van der Waals surface area contributed by atoms with Gasteiger partial charge in [0, 0.05) is 13.0 Å². The van der Waals surface area contributed by atoms with Gasteiger partial charge < -0.3 is 5.32 Å². The highest BCUT2D eigenvalue weighted by Crippen LogP contribution is 2.24. The van der Waals surface area contributed by atoms with E-state index in [9.17, 15) is 0 Å². The number of anilines is 1. The molecule has 2 aromatic rings. The number of aromatic nitrogens is 2. The van der Waals surface area contributed by atoms with E-state index in [2.05, 4.69) is 69.3 Å². The van der Waals surface area contributed by atoms with E-state index in [1.165, 1.54) is 11.1 Å². The van der Waals surface area contributed by atoms with E-state index in [4.69, 9.17) is 0 Å². The van der Waals surface area contributed by atoms with Crippen molar-refractivity contribution in [1.29, 1.82) is 0 Å². The van der Waals surface area contributed by atoms with Crippen LogP contribution >= 0.6 is 15.9 Å². The zero-order chi connectivity index (χ0) is 14.5. The highest BCUT2D eigenvalue weighted by Gasteiger charge is 2.10. The number of benzene rings is 1. The van der Waals surface area contributed by atoms with Gasteiger partial charge in [0.05, 0.1) is 10.2 Å². The summed E-state index contributed by atoms with van der Waals surface area (Å²) in [6, 6.07) is 8.37. The monoisotopic (exact) mass is 333 g/mol. The van der Waals surface area contributed by atoms with Crippen molar-refractivity contribution in [3.8, 4) is 0 Å². The second-order valence-corrected chi connectivity index (χ2v) is 5.71. The summed E-state index contributed by atoms with van der Waals surface area (Å²) in [4.78, 5) is 9.22. The molecule has 106 valence electrons. The first-order chi connectivity index (χ1) is 9.61. The highest BCUT2D eigenvalue weighted by molar-refractivity contribution is 9.10. The molecule has 0 fully saturated rings. The Morgan fingerprint density at radius 1 is 1.15 bits per heavy atom. The van der Waals surface area contributed by atoms with Gasteiger partial charge in [0.1, 0.15) is 11.6 Å². The molecule has 20 heavy (non-hydrogen) atoms. The smallest absolute Gasteiger partial charge is 0.144 e. The standard InChI is InChI=1S/C16H20BrN3/c1-4-9-18-16-15(17)12(3)19-14(20-16)10-13-8-6-5-7-11(13)2/h5-8H,4,9-10H2,1-3H3,(H,18,19,20). The van der Waals surface area contributed by atoms with Crippen LogP contribution in [-0.4, -0.2) is 16.5 Å². The molecular formula is C16H20BrN3. The van der Waals surface area contributed by atoms with E-state index in [0.717, 1.165) is 41.2 Å². The molecule has 3 nitrogen and oxygen atoms in total. The molecule has 0 spiro atoms. The van der Waals surface area contributed by atoms with E-state index >= 15 is 0 Å². The second kappa shape index (κ2) is 6.84. The van der Waals surface area contributed by atoms with Crippen molar-refractivity contribution in [2.45, 2.75) is 33.6 Å². The molecule has 1 aromatic carbocycles. The van der Waals surface area contributed by atoms with Crippen molar-refractivity contribution >= 4 is 21.7 Å². The SMILES string of the molecule is CCCNc1nc(Cc2ccccc2C)nc(C)c1Br.